The third-order valence-corrected chi connectivity index (χ3v) is 4.66. The Labute approximate surface area is 135 Å². The Morgan fingerprint density at radius 1 is 1.24 bits per heavy atom. The zero-order valence-electron chi connectivity index (χ0n) is 13.9. The Morgan fingerprint density at radius 3 is 2.38 bits per heavy atom. The Balaban J connectivity index is 0.00000220. The lowest BCUT2D eigenvalue weighted by Crippen LogP contribution is -2.62. The second-order valence-electron chi connectivity index (χ2n) is 7.05. The number of rotatable bonds is 2. The fourth-order valence-corrected chi connectivity index (χ4v) is 3.35. The van der Waals surface area contributed by atoms with Crippen molar-refractivity contribution < 1.29 is 4.79 Å². The standard InChI is InChI=1S/C15H30N4O.ClH/c1-15(2)12-18(14(20)17(3)4)9-10-19(15)11-13-5-7-16-8-6-13;/h13,16H,5-12H2,1-4H3;1H. The Morgan fingerprint density at radius 2 is 1.86 bits per heavy atom. The van der Waals surface area contributed by atoms with E-state index in [0.717, 1.165) is 38.6 Å². The summed E-state index contributed by atoms with van der Waals surface area (Å²) in [6.07, 6.45) is 2.57. The lowest BCUT2D eigenvalue weighted by Gasteiger charge is -2.49. The smallest absolute Gasteiger partial charge is 0.319 e. The highest BCUT2D eigenvalue weighted by molar-refractivity contribution is 5.85. The van der Waals surface area contributed by atoms with E-state index in [1.807, 2.05) is 19.0 Å². The molecule has 2 saturated heterocycles. The molecule has 0 aromatic heterocycles. The van der Waals surface area contributed by atoms with Gasteiger partial charge in [-0.2, -0.15) is 0 Å². The summed E-state index contributed by atoms with van der Waals surface area (Å²) < 4.78 is 0. The van der Waals surface area contributed by atoms with E-state index in [2.05, 4.69) is 24.1 Å². The summed E-state index contributed by atoms with van der Waals surface area (Å²) in [5, 5.41) is 3.43. The largest absolute Gasteiger partial charge is 0.331 e. The minimum Gasteiger partial charge on any atom is -0.331 e. The van der Waals surface area contributed by atoms with Gasteiger partial charge in [0.2, 0.25) is 0 Å². The normalized spacial score (nSPS) is 23.5. The molecular formula is C15H31ClN4O. The van der Waals surface area contributed by atoms with Gasteiger partial charge < -0.3 is 15.1 Å². The van der Waals surface area contributed by atoms with Gasteiger partial charge in [0.25, 0.3) is 0 Å². The van der Waals surface area contributed by atoms with E-state index >= 15 is 0 Å². The van der Waals surface area contributed by atoms with Crippen LogP contribution in [0, 0.1) is 5.92 Å². The van der Waals surface area contributed by atoms with E-state index in [4.69, 9.17) is 0 Å². The first-order valence-corrected chi connectivity index (χ1v) is 7.82. The molecule has 0 unspecified atom stereocenters. The highest BCUT2D eigenvalue weighted by atomic mass is 35.5. The molecule has 2 amide bonds. The molecule has 2 rings (SSSR count). The van der Waals surface area contributed by atoms with Crippen LogP contribution in [0.15, 0.2) is 0 Å². The second-order valence-corrected chi connectivity index (χ2v) is 7.05. The van der Waals surface area contributed by atoms with E-state index in [1.54, 1.807) is 4.90 Å². The lowest BCUT2D eigenvalue weighted by atomic mass is 9.92. The maximum Gasteiger partial charge on any atom is 0.319 e. The SMILES string of the molecule is CN(C)C(=O)N1CCN(CC2CCNCC2)C(C)(C)C1.Cl. The van der Waals surface area contributed by atoms with E-state index < -0.39 is 0 Å². The van der Waals surface area contributed by atoms with Crippen LogP contribution < -0.4 is 5.32 Å². The molecule has 0 radical (unpaired) electrons. The fourth-order valence-electron chi connectivity index (χ4n) is 3.35. The highest BCUT2D eigenvalue weighted by Gasteiger charge is 2.36. The van der Waals surface area contributed by atoms with Gasteiger partial charge in [-0.15, -0.1) is 12.4 Å². The van der Waals surface area contributed by atoms with Gasteiger partial charge in [-0.1, -0.05) is 0 Å². The summed E-state index contributed by atoms with van der Waals surface area (Å²) in [5.41, 5.74) is 0.0782. The van der Waals surface area contributed by atoms with Crippen molar-refractivity contribution in [2.45, 2.75) is 32.2 Å². The molecule has 5 nitrogen and oxygen atoms in total. The number of carbonyl (C=O) groups is 1. The summed E-state index contributed by atoms with van der Waals surface area (Å²) in [6.45, 7) is 10.7. The van der Waals surface area contributed by atoms with Crippen molar-refractivity contribution >= 4 is 18.4 Å². The average Bonchev–Trinajstić information content (AvgIpc) is 2.41. The summed E-state index contributed by atoms with van der Waals surface area (Å²) in [5.74, 6) is 0.812. The van der Waals surface area contributed by atoms with Gasteiger partial charge in [-0.3, -0.25) is 4.90 Å². The molecule has 0 atom stereocenters. The molecular weight excluding hydrogens is 288 g/mol. The maximum atomic E-state index is 12.1. The van der Waals surface area contributed by atoms with E-state index in [0.29, 0.717) is 0 Å². The van der Waals surface area contributed by atoms with Gasteiger partial charge >= 0.3 is 6.03 Å². The van der Waals surface area contributed by atoms with Gasteiger partial charge in [-0.25, -0.2) is 4.79 Å². The van der Waals surface area contributed by atoms with Crippen molar-refractivity contribution in [1.82, 2.24) is 20.0 Å². The first-order chi connectivity index (χ1) is 9.40. The summed E-state index contributed by atoms with van der Waals surface area (Å²) in [7, 11) is 3.66. The molecule has 0 bridgehead atoms. The molecule has 124 valence electrons. The number of halogens is 1. The zero-order valence-corrected chi connectivity index (χ0v) is 14.7. The van der Waals surface area contributed by atoms with Crippen molar-refractivity contribution in [3.8, 4) is 0 Å². The van der Waals surface area contributed by atoms with Gasteiger partial charge in [0.15, 0.2) is 0 Å². The number of carbonyl (C=O) groups excluding carboxylic acids is 1. The molecule has 21 heavy (non-hydrogen) atoms. The molecule has 2 aliphatic rings. The topological polar surface area (TPSA) is 38.8 Å². The molecule has 0 aromatic rings. The van der Waals surface area contributed by atoms with Crippen LogP contribution in [0.3, 0.4) is 0 Å². The predicted molar refractivity (Wildman–Crippen MR) is 89.1 cm³/mol. The monoisotopic (exact) mass is 318 g/mol. The summed E-state index contributed by atoms with van der Waals surface area (Å²) >= 11 is 0. The Kier molecular flexibility index (Phi) is 6.75. The highest BCUT2D eigenvalue weighted by Crippen LogP contribution is 2.25. The summed E-state index contributed by atoms with van der Waals surface area (Å²) in [6, 6.07) is 0.139. The molecule has 6 heteroatoms. The van der Waals surface area contributed by atoms with Crippen molar-refractivity contribution in [1.29, 1.82) is 0 Å². The molecule has 2 aliphatic heterocycles. The van der Waals surface area contributed by atoms with Crippen LogP contribution in [0.5, 0.6) is 0 Å². The molecule has 2 fully saturated rings. The Hall–Kier alpha value is -0.520. The number of nitrogens with one attached hydrogen (secondary N) is 1. The van der Waals surface area contributed by atoms with Crippen LogP contribution in [0.1, 0.15) is 26.7 Å². The second kappa shape index (κ2) is 7.65. The van der Waals surface area contributed by atoms with Gasteiger partial charge in [0.1, 0.15) is 0 Å². The van der Waals surface area contributed by atoms with Crippen LogP contribution in [0.2, 0.25) is 0 Å². The molecule has 0 spiro atoms. The molecule has 1 N–H and O–H groups in total. The number of urea groups is 1. The molecule has 2 heterocycles. The fraction of sp³-hybridized carbons (Fsp3) is 0.933. The third kappa shape index (κ3) is 4.73. The van der Waals surface area contributed by atoms with Crippen molar-refractivity contribution in [2.75, 3.05) is 53.4 Å². The first-order valence-electron chi connectivity index (χ1n) is 7.82. The maximum absolute atomic E-state index is 12.1. The van der Waals surface area contributed by atoms with Crippen LogP contribution in [0.4, 0.5) is 4.79 Å². The number of piperazine rings is 1. The van der Waals surface area contributed by atoms with Crippen LogP contribution in [-0.2, 0) is 0 Å². The van der Waals surface area contributed by atoms with E-state index in [1.165, 1.54) is 19.4 Å². The molecule has 0 aliphatic carbocycles. The zero-order chi connectivity index (χ0) is 14.8. The van der Waals surface area contributed by atoms with Crippen LogP contribution in [0.25, 0.3) is 0 Å². The quantitative estimate of drug-likeness (QED) is 0.838. The third-order valence-electron chi connectivity index (χ3n) is 4.66. The predicted octanol–water partition coefficient (Wildman–Crippen LogP) is 1.49. The first kappa shape index (κ1) is 18.5. The number of hydrogen-bond acceptors (Lipinski definition) is 3. The van der Waals surface area contributed by atoms with Gasteiger partial charge in [0.05, 0.1) is 0 Å². The van der Waals surface area contributed by atoms with Crippen LogP contribution >= 0.6 is 12.4 Å². The summed E-state index contributed by atoms with van der Waals surface area (Å²) in [4.78, 5) is 18.4. The van der Waals surface area contributed by atoms with Crippen LogP contribution in [-0.4, -0.2) is 79.6 Å². The minimum absolute atomic E-state index is 0. The minimum atomic E-state index is 0. The van der Waals surface area contributed by atoms with E-state index in [9.17, 15) is 4.79 Å². The van der Waals surface area contributed by atoms with Crippen molar-refractivity contribution in [3.05, 3.63) is 0 Å². The lowest BCUT2D eigenvalue weighted by molar-refractivity contribution is 0.0164. The number of hydrogen-bond donors (Lipinski definition) is 1. The van der Waals surface area contributed by atoms with Gasteiger partial charge in [-0.05, 0) is 45.7 Å². The number of amides is 2. The van der Waals surface area contributed by atoms with Crippen molar-refractivity contribution in [2.24, 2.45) is 5.92 Å². The van der Waals surface area contributed by atoms with E-state index in [-0.39, 0.29) is 24.0 Å². The molecule has 0 aromatic carbocycles. The average molecular weight is 319 g/mol. The van der Waals surface area contributed by atoms with Crippen molar-refractivity contribution in [3.63, 3.8) is 0 Å². The number of piperidine rings is 1. The number of nitrogens with zero attached hydrogens (tertiary/aromatic N) is 3. The van der Waals surface area contributed by atoms with Gasteiger partial charge in [0, 0.05) is 45.8 Å². The Bertz CT molecular complexity index is 343. The molecule has 0 saturated carbocycles.